The number of aryl methyl sites for hydroxylation is 1. The molecular weight excluding hydrogens is 360 g/mol. The monoisotopic (exact) mass is 390 g/mol. The van der Waals surface area contributed by atoms with Crippen molar-refractivity contribution >= 4 is 5.78 Å². The number of hydrogen-bond donors (Lipinski definition) is 1. The zero-order chi connectivity index (χ0) is 21.2. The Labute approximate surface area is 173 Å². The van der Waals surface area contributed by atoms with Gasteiger partial charge in [0.25, 0.3) is 0 Å². The molecule has 152 valence electrons. The third-order valence-electron chi connectivity index (χ3n) is 5.48. The summed E-state index contributed by atoms with van der Waals surface area (Å²) in [7, 11) is 0. The minimum Gasteiger partial charge on any atom is -0.456 e. The van der Waals surface area contributed by atoms with Crippen LogP contribution in [-0.2, 0) is 0 Å². The van der Waals surface area contributed by atoms with Crippen LogP contribution in [0.5, 0.6) is 11.5 Å². The molecule has 4 nitrogen and oxygen atoms in total. The second-order valence-electron chi connectivity index (χ2n) is 9.48. The number of carbonyl (C=O) groups is 1. The lowest BCUT2D eigenvalue weighted by atomic mass is 9.74. The normalized spacial score (nSPS) is 18.1. The average Bonchev–Trinajstić information content (AvgIpc) is 2.61. The SMILES string of the molecule is Cc1cccc(C#N)c1Oc1ccc(C(=O)CC2CC(C)(C)NC(C)(C)C2)cc1. The van der Waals surface area contributed by atoms with E-state index in [1.807, 2.05) is 31.2 Å². The lowest BCUT2D eigenvalue weighted by Gasteiger charge is -2.46. The topological polar surface area (TPSA) is 62.1 Å². The fraction of sp³-hybridized carbons (Fsp3) is 0.440. The fourth-order valence-electron chi connectivity index (χ4n) is 4.76. The van der Waals surface area contributed by atoms with Gasteiger partial charge in [0.1, 0.15) is 17.6 Å². The molecule has 0 amide bonds. The summed E-state index contributed by atoms with van der Waals surface area (Å²) in [5.74, 6) is 1.73. The van der Waals surface area contributed by atoms with E-state index in [9.17, 15) is 10.1 Å². The second-order valence-corrected chi connectivity index (χ2v) is 9.48. The second kappa shape index (κ2) is 8.00. The molecule has 1 saturated heterocycles. The van der Waals surface area contributed by atoms with Crippen molar-refractivity contribution in [1.29, 1.82) is 5.26 Å². The molecule has 2 aromatic rings. The summed E-state index contributed by atoms with van der Waals surface area (Å²) in [6.07, 6.45) is 2.55. The summed E-state index contributed by atoms with van der Waals surface area (Å²) in [6, 6.07) is 14.9. The van der Waals surface area contributed by atoms with Crippen molar-refractivity contribution in [2.24, 2.45) is 5.92 Å². The molecule has 1 aliphatic heterocycles. The highest BCUT2D eigenvalue weighted by Gasteiger charge is 2.38. The molecule has 1 aliphatic rings. The number of rotatable bonds is 5. The molecule has 0 atom stereocenters. The van der Waals surface area contributed by atoms with Gasteiger partial charge < -0.3 is 10.1 Å². The standard InChI is InChI=1S/C25H30N2O2/c1-17-7-6-8-20(16-26)23(17)29-21-11-9-19(10-12-21)22(28)13-18-14-24(2,3)27-25(4,5)15-18/h6-12,18,27H,13-15H2,1-5H3. The van der Waals surface area contributed by atoms with Gasteiger partial charge in [-0.15, -0.1) is 0 Å². The van der Waals surface area contributed by atoms with E-state index in [-0.39, 0.29) is 16.9 Å². The summed E-state index contributed by atoms with van der Waals surface area (Å²) in [5, 5.41) is 13.0. The van der Waals surface area contributed by atoms with Crippen molar-refractivity contribution in [2.75, 3.05) is 0 Å². The molecule has 1 N–H and O–H groups in total. The zero-order valence-electron chi connectivity index (χ0n) is 18.0. The lowest BCUT2D eigenvalue weighted by molar-refractivity contribution is 0.0864. The summed E-state index contributed by atoms with van der Waals surface area (Å²) < 4.78 is 5.93. The van der Waals surface area contributed by atoms with Gasteiger partial charge in [-0.1, -0.05) is 12.1 Å². The highest BCUT2D eigenvalue weighted by atomic mass is 16.5. The lowest BCUT2D eigenvalue weighted by Crippen LogP contribution is -2.57. The molecule has 3 rings (SSSR count). The van der Waals surface area contributed by atoms with Gasteiger partial charge >= 0.3 is 0 Å². The van der Waals surface area contributed by atoms with Gasteiger partial charge in [0.2, 0.25) is 0 Å². The minimum atomic E-state index is 0.0381. The predicted molar refractivity (Wildman–Crippen MR) is 115 cm³/mol. The first-order valence-electron chi connectivity index (χ1n) is 10.2. The summed E-state index contributed by atoms with van der Waals surface area (Å²) >= 11 is 0. The molecule has 4 heteroatoms. The molecule has 1 fully saturated rings. The fourth-order valence-corrected chi connectivity index (χ4v) is 4.76. The number of carbonyl (C=O) groups excluding carboxylic acids is 1. The van der Waals surface area contributed by atoms with Crippen LogP contribution in [0.4, 0.5) is 0 Å². The number of benzene rings is 2. The average molecular weight is 391 g/mol. The molecule has 2 aromatic carbocycles. The van der Waals surface area contributed by atoms with Crippen molar-refractivity contribution in [1.82, 2.24) is 5.32 Å². The first kappa shape index (κ1) is 21.1. The van der Waals surface area contributed by atoms with E-state index in [1.165, 1.54) is 0 Å². The third kappa shape index (κ3) is 5.25. The van der Waals surface area contributed by atoms with Gasteiger partial charge in [-0.2, -0.15) is 5.26 Å². The van der Waals surface area contributed by atoms with E-state index >= 15 is 0 Å². The van der Waals surface area contributed by atoms with Crippen LogP contribution < -0.4 is 10.1 Å². The number of nitriles is 1. The van der Waals surface area contributed by atoms with E-state index < -0.39 is 0 Å². The van der Waals surface area contributed by atoms with Gasteiger partial charge in [-0.3, -0.25) is 4.79 Å². The number of nitrogens with zero attached hydrogens (tertiary/aromatic N) is 1. The minimum absolute atomic E-state index is 0.0381. The van der Waals surface area contributed by atoms with E-state index in [4.69, 9.17) is 4.74 Å². The van der Waals surface area contributed by atoms with Crippen LogP contribution in [0.15, 0.2) is 42.5 Å². The Morgan fingerprint density at radius 2 is 1.72 bits per heavy atom. The van der Waals surface area contributed by atoms with Gasteiger partial charge in [0.15, 0.2) is 5.78 Å². The first-order chi connectivity index (χ1) is 13.6. The molecular formula is C25H30N2O2. The number of ketones is 1. The van der Waals surface area contributed by atoms with Crippen molar-refractivity contribution < 1.29 is 9.53 Å². The Hall–Kier alpha value is -2.64. The van der Waals surface area contributed by atoms with Gasteiger partial charge in [0, 0.05) is 23.1 Å². The number of nitrogens with one attached hydrogen (secondary N) is 1. The molecule has 0 spiro atoms. The number of hydrogen-bond acceptors (Lipinski definition) is 4. The Morgan fingerprint density at radius 1 is 1.10 bits per heavy atom. The van der Waals surface area contributed by atoms with E-state index in [0.717, 1.165) is 18.4 Å². The van der Waals surface area contributed by atoms with E-state index in [0.29, 0.717) is 35.0 Å². The van der Waals surface area contributed by atoms with Crippen LogP contribution >= 0.6 is 0 Å². The maximum absolute atomic E-state index is 12.9. The van der Waals surface area contributed by atoms with E-state index in [2.05, 4.69) is 39.1 Å². The largest absolute Gasteiger partial charge is 0.456 e. The summed E-state index contributed by atoms with van der Waals surface area (Å²) in [5.41, 5.74) is 2.19. The summed E-state index contributed by atoms with van der Waals surface area (Å²) in [4.78, 5) is 12.9. The maximum Gasteiger partial charge on any atom is 0.163 e. The Morgan fingerprint density at radius 3 is 2.31 bits per heavy atom. The number of piperidine rings is 1. The predicted octanol–water partition coefficient (Wildman–Crippen LogP) is 5.79. The van der Waals surface area contributed by atoms with Gasteiger partial charge in [-0.05, 0) is 89.3 Å². The van der Waals surface area contributed by atoms with Crippen LogP contribution in [0.1, 0.15) is 68.4 Å². The molecule has 0 saturated carbocycles. The molecule has 0 aliphatic carbocycles. The maximum atomic E-state index is 12.9. The molecule has 0 radical (unpaired) electrons. The Balaban J connectivity index is 1.69. The zero-order valence-corrected chi connectivity index (χ0v) is 18.0. The molecule has 0 unspecified atom stereocenters. The Kier molecular flexibility index (Phi) is 5.82. The van der Waals surface area contributed by atoms with E-state index in [1.54, 1.807) is 18.2 Å². The molecule has 0 aromatic heterocycles. The van der Waals surface area contributed by atoms with Crippen molar-refractivity contribution in [3.8, 4) is 17.6 Å². The smallest absolute Gasteiger partial charge is 0.163 e. The van der Waals surface area contributed by atoms with Crippen molar-refractivity contribution in [3.63, 3.8) is 0 Å². The highest BCUT2D eigenvalue weighted by Crippen LogP contribution is 2.35. The van der Waals surface area contributed by atoms with Crippen LogP contribution in [0, 0.1) is 24.2 Å². The quantitative estimate of drug-likeness (QED) is 0.657. The number of Topliss-reactive ketones (excluding diaryl/α,β-unsaturated/α-hetero) is 1. The van der Waals surface area contributed by atoms with Crippen molar-refractivity contribution in [2.45, 2.75) is 65.0 Å². The number of ether oxygens (including phenoxy) is 1. The van der Waals surface area contributed by atoms with Crippen LogP contribution in [0.2, 0.25) is 0 Å². The van der Waals surface area contributed by atoms with Gasteiger partial charge in [0.05, 0.1) is 5.56 Å². The summed E-state index contributed by atoms with van der Waals surface area (Å²) in [6.45, 7) is 10.7. The van der Waals surface area contributed by atoms with Crippen LogP contribution in [0.25, 0.3) is 0 Å². The number of para-hydroxylation sites is 1. The molecule has 0 bridgehead atoms. The van der Waals surface area contributed by atoms with Crippen LogP contribution in [-0.4, -0.2) is 16.9 Å². The highest BCUT2D eigenvalue weighted by molar-refractivity contribution is 5.96. The van der Waals surface area contributed by atoms with Crippen LogP contribution in [0.3, 0.4) is 0 Å². The third-order valence-corrected chi connectivity index (χ3v) is 5.48. The Bertz CT molecular complexity index is 920. The molecule has 29 heavy (non-hydrogen) atoms. The first-order valence-corrected chi connectivity index (χ1v) is 10.2. The van der Waals surface area contributed by atoms with Crippen molar-refractivity contribution in [3.05, 3.63) is 59.2 Å². The van der Waals surface area contributed by atoms with Gasteiger partial charge in [-0.25, -0.2) is 0 Å². The molecule has 1 heterocycles.